The highest BCUT2D eigenvalue weighted by Crippen LogP contribution is 2.38. The summed E-state index contributed by atoms with van der Waals surface area (Å²) in [4.78, 5) is 43.1. The lowest BCUT2D eigenvalue weighted by molar-refractivity contribution is -0.133. The molecule has 1 aromatic carbocycles. The number of hydroxylamine groups is 1. The minimum atomic E-state index is -3.72. The molecule has 1 N–H and O–H groups in total. The summed E-state index contributed by atoms with van der Waals surface area (Å²) in [7, 11) is -2.23. The van der Waals surface area contributed by atoms with Gasteiger partial charge in [-0.2, -0.15) is 0 Å². The van der Waals surface area contributed by atoms with Gasteiger partial charge in [-0.15, -0.1) is 0 Å². The van der Waals surface area contributed by atoms with Gasteiger partial charge in [-0.1, -0.05) is 18.5 Å². The average molecular weight is 470 g/mol. The number of ether oxygens (including phenoxy) is 1. The van der Waals surface area contributed by atoms with Crippen molar-refractivity contribution in [2.24, 2.45) is 5.92 Å². The Hall–Kier alpha value is -2.07. The Morgan fingerprint density at radius 1 is 1.29 bits per heavy atom. The van der Waals surface area contributed by atoms with Crippen LogP contribution in [0.3, 0.4) is 0 Å². The first-order valence-electron chi connectivity index (χ1n) is 9.85. The largest absolute Gasteiger partial charge is 0.381 e. The Bertz CT molecular complexity index is 1060. The molecule has 168 valence electrons. The van der Waals surface area contributed by atoms with Crippen molar-refractivity contribution in [1.82, 2.24) is 5.48 Å². The van der Waals surface area contributed by atoms with Crippen LogP contribution in [0.15, 0.2) is 23.1 Å². The van der Waals surface area contributed by atoms with Gasteiger partial charge in [-0.3, -0.25) is 24.7 Å². The molecule has 10 heteroatoms. The molecule has 1 heterocycles. The van der Waals surface area contributed by atoms with Crippen LogP contribution < -0.4 is 5.48 Å². The van der Waals surface area contributed by atoms with Crippen LogP contribution in [0.2, 0.25) is 5.02 Å². The summed E-state index contributed by atoms with van der Waals surface area (Å²) < 4.78 is 30.6. The van der Waals surface area contributed by atoms with Gasteiger partial charge in [0.2, 0.25) is 0 Å². The molecule has 3 rings (SSSR count). The number of hydrogen-bond donors (Lipinski definition) is 1. The Morgan fingerprint density at radius 3 is 2.52 bits per heavy atom. The first kappa shape index (κ1) is 23.6. The van der Waals surface area contributed by atoms with E-state index in [0.717, 1.165) is 0 Å². The fourth-order valence-corrected chi connectivity index (χ4v) is 5.31. The van der Waals surface area contributed by atoms with Crippen LogP contribution in [0.5, 0.6) is 0 Å². The fourth-order valence-electron chi connectivity index (χ4n) is 3.78. The smallest absolute Gasteiger partial charge is 0.182 e. The van der Waals surface area contributed by atoms with Gasteiger partial charge in [0.05, 0.1) is 28.0 Å². The number of sulfone groups is 1. The lowest BCUT2D eigenvalue weighted by atomic mass is 9.81. The number of carbonyl (C=O) groups is 3. The zero-order valence-corrected chi connectivity index (χ0v) is 19.1. The van der Waals surface area contributed by atoms with Gasteiger partial charge < -0.3 is 4.74 Å². The third kappa shape index (κ3) is 4.45. The number of methoxy groups -OCH3 is 1. The van der Waals surface area contributed by atoms with E-state index < -0.39 is 38.7 Å². The van der Waals surface area contributed by atoms with Gasteiger partial charge in [-0.05, 0) is 31.6 Å². The van der Waals surface area contributed by atoms with E-state index in [0.29, 0.717) is 6.42 Å². The van der Waals surface area contributed by atoms with E-state index >= 15 is 0 Å². The van der Waals surface area contributed by atoms with Crippen LogP contribution in [0.4, 0.5) is 0 Å². The first-order valence-corrected chi connectivity index (χ1v) is 11.9. The van der Waals surface area contributed by atoms with E-state index in [1.165, 1.54) is 26.2 Å². The number of carbonyl (C=O) groups excluding carboxylic acids is 3. The molecule has 0 aromatic heterocycles. The van der Waals surface area contributed by atoms with Crippen molar-refractivity contribution in [1.29, 1.82) is 0 Å². The van der Waals surface area contributed by atoms with E-state index in [-0.39, 0.29) is 51.9 Å². The Kier molecular flexibility index (Phi) is 6.71. The second-order valence-electron chi connectivity index (χ2n) is 7.79. The molecule has 0 bridgehead atoms. The minimum absolute atomic E-state index is 0.0601. The van der Waals surface area contributed by atoms with Crippen molar-refractivity contribution >= 4 is 44.5 Å². The standard InChI is InChI=1S/C21H24ClNO7S/c1-4-31(27,28)16-9-8-12(20(26)18-14(24)6-5-7-15(18)25)19(22)17(16)13-10-21(2,11-29-3)30-23-13/h8-10,18,23H,4-7,11H2,1-3H3. The van der Waals surface area contributed by atoms with Crippen LogP contribution in [0.25, 0.3) is 5.70 Å². The summed E-state index contributed by atoms with van der Waals surface area (Å²) in [6.07, 6.45) is 2.33. The molecule has 1 fully saturated rings. The lowest BCUT2D eigenvalue weighted by Crippen LogP contribution is -2.35. The SMILES string of the molecule is CCS(=O)(=O)c1ccc(C(=O)C2C(=O)CCCC2=O)c(Cl)c1C1=CC(C)(COC)ON1. The highest BCUT2D eigenvalue weighted by molar-refractivity contribution is 7.91. The predicted molar refractivity (Wildman–Crippen MR) is 113 cm³/mol. The molecule has 1 unspecified atom stereocenters. The summed E-state index contributed by atoms with van der Waals surface area (Å²) in [6, 6.07) is 2.54. The monoisotopic (exact) mass is 469 g/mol. The normalized spacial score (nSPS) is 22.4. The summed E-state index contributed by atoms with van der Waals surface area (Å²) >= 11 is 6.56. The molecule has 1 aliphatic carbocycles. The first-order chi connectivity index (χ1) is 14.5. The number of hydrogen-bond acceptors (Lipinski definition) is 8. The van der Waals surface area contributed by atoms with Crippen LogP contribution >= 0.6 is 11.6 Å². The molecule has 0 spiro atoms. The Labute approximate surface area is 185 Å². The second kappa shape index (κ2) is 8.82. The van der Waals surface area contributed by atoms with Crippen molar-refractivity contribution < 1.29 is 32.4 Å². The summed E-state index contributed by atoms with van der Waals surface area (Å²) in [5.41, 5.74) is 2.02. The predicted octanol–water partition coefficient (Wildman–Crippen LogP) is 2.54. The van der Waals surface area contributed by atoms with Gasteiger partial charge in [0.25, 0.3) is 0 Å². The van der Waals surface area contributed by atoms with Crippen molar-refractivity contribution in [2.75, 3.05) is 19.5 Å². The minimum Gasteiger partial charge on any atom is -0.381 e. The summed E-state index contributed by atoms with van der Waals surface area (Å²) in [5.74, 6) is -3.21. The average Bonchev–Trinajstić information content (AvgIpc) is 3.09. The van der Waals surface area contributed by atoms with E-state index in [1.54, 1.807) is 13.0 Å². The molecule has 31 heavy (non-hydrogen) atoms. The molecule has 0 saturated heterocycles. The van der Waals surface area contributed by atoms with Crippen LogP contribution in [-0.4, -0.2) is 50.8 Å². The van der Waals surface area contributed by atoms with Gasteiger partial charge in [0, 0.05) is 31.1 Å². The Morgan fingerprint density at radius 2 is 1.94 bits per heavy atom. The molecule has 8 nitrogen and oxygen atoms in total. The van der Waals surface area contributed by atoms with Crippen LogP contribution in [0, 0.1) is 5.92 Å². The van der Waals surface area contributed by atoms with E-state index in [9.17, 15) is 22.8 Å². The van der Waals surface area contributed by atoms with E-state index in [1.807, 2.05) is 0 Å². The lowest BCUT2D eigenvalue weighted by Gasteiger charge is -2.20. The third-order valence-electron chi connectivity index (χ3n) is 5.38. The topological polar surface area (TPSA) is 116 Å². The van der Waals surface area contributed by atoms with Crippen LogP contribution in [-0.2, 0) is 29.0 Å². The highest BCUT2D eigenvalue weighted by atomic mass is 35.5. The molecule has 1 aliphatic heterocycles. The number of ketones is 3. The molecule has 1 saturated carbocycles. The summed E-state index contributed by atoms with van der Waals surface area (Å²) in [6.45, 7) is 3.40. The Balaban J connectivity index is 2.17. The second-order valence-corrected chi connectivity index (χ2v) is 10.4. The molecule has 2 aliphatic rings. The third-order valence-corrected chi connectivity index (χ3v) is 7.54. The zero-order valence-electron chi connectivity index (χ0n) is 17.5. The van der Waals surface area contributed by atoms with Gasteiger partial charge in [0.15, 0.2) is 27.2 Å². The van der Waals surface area contributed by atoms with Gasteiger partial charge in [-0.25, -0.2) is 8.42 Å². The van der Waals surface area contributed by atoms with E-state index in [2.05, 4.69) is 5.48 Å². The van der Waals surface area contributed by atoms with Gasteiger partial charge >= 0.3 is 0 Å². The van der Waals surface area contributed by atoms with Gasteiger partial charge in [0.1, 0.15) is 11.5 Å². The maximum Gasteiger partial charge on any atom is 0.182 e. The number of halogens is 1. The molecule has 1 atom stereocenters. The fraction of sp³-hybridized carbons (Fsp3) is 0.476. The number of nitrogens with one attached hydrogen (secondary N) is 1. The molecule has 0 radical (unpaired) electrons. The molecule has 1 aromatic rings. The number of Topliss-reactive ketones (excluding diaryl/α,β-unsaturated/α-hetero) is 3. The van der Waals surface area contributed by atoms with Crippen molar-refractivity contribution in [3.05, 3.63) is 34.4 Å². The van der Waals surface area contributed by atoms with E-state index in [4.69, 9.17) is 21.2 Å². The molecule has 0 amide bonds. The van der Waals surface area contributed by atoms with Crippen LogP contribution in [0.1, 0.15) is 49.0 Å². The van der Waals surface area contributed by atoms with Crippen molar-refractivity contribution in [3.8, 4) is 0 Å². The van der Waals surface area contributed by atoms with Crippen molar-refractivity contribution in [2.45, 2.75) is 43.6 Å². The maximum atomic E-state index is 13.1. The molecular weight excluding hydrogens is 446 g/mol. The van der Waals surface area contributed by atoms with Crippen molar-refractivity contribution in [3.63, 3.8) is 0 Å². The molecular formula is C21H24ClNO7S. The zero-order chi connectivity index (χ0) is 23.0. The quantitative estimate of drug-likeness (QED) is 0.478. The number of rotatable bonds is 7. The maximum absolute atomic E-state index is 13.1. The highest BCUT2D eigenvalue weighted by Gasteiger charge is 2.39. The number of benzene rings is 1. The summed E-state index contributed by atoms with van der Waals surface area (Å²) in [5, 5.41) is -0.158.